The molecule has 144 valence electrons. The van der Waals surface area contributed by atoms with E-state index in [1.54, 1.807) is 6.20 Å². The van der Waals surface area contributed by atoms with Gasteiger partial charge < -0.3 is 10.1 Å². The van der Waals surface area contributed by atoms with Crippen LogP contribution >= 0.6 is 0 Å². The third kappa shape index (κ3) is 4.44. The van der Waals surface area contributed by atoms with Gasteiger partial charge in [0.05, 0.1) is 23.6 Å². The third-order valence-corrected chi connectivity index (χ3v) is 4.74. The van der Waals surface area contributed by atoms with Gasteiger partial charge in [0, 0.05) is 29.7 Å². The van der Waals surface area contributed by atoms with Gasteiger partial charge in [-0.3, -0.25) is 9.78 Å². The first-order valence-electron chi connectivity index (χ1n) is 9.53. The Morgan fingerprint density at radius 3 is 2.86 bits per heavy atom. The molecule has 0 bridgehead atoms. The molecule has 0 spiro atoms. The van der Waals surface area contributed by atoms with Gasteiger partial charge in [-0.05, 0) is 49.7 Å². The fourth-order valence-corrected chi connectivity index (χ4v) is 3.29. The van der Waals surface area contributed by atoms with Crippen molar-refractivity contribution in [2.24, 2.45) is 0 Å². The Morgan fingerprint density at radius 2 is 2.03 bits per heavy atom. The van der Waals surface area contributed by atoms with Crippen LogP contribution in [0.2, 0.25) is 0 Å². The predicted molar refractivity (Wildman–Crippen MR) is 111 cm³/mol. The summed E-state index contributed by atoms with van der Waals surface area (Å²) in [7, 11) is 0. The monoisotopic (exact) mass is 383 g/mol. The molecule has 0 aliphatic carbocycles. The van der Waals surface area contributed by atoms with Gasteiger partial charge in [-0.15, -0.1) is 0 Å². The number of carbonyl (C=O) groups excluding carboxylic acids is 1. The highest BCUT2D eigenvalue weighted by Gasteiger charge is 2.24. The highest BCUT2D eigenvalue weighted by atomic mass is 16.5. The van der Waals surface area contributed by atoms with E-state index in [0.717, 1.165) is 45.9 Å². The van der Waals surface area contributed by atoms with Crippen LogP contribution in [0.1, 0.15) is 22.5 Å². The Bertz CT molecular complexity index is 1110. The largest absolute Gasteiger partial charge is 0.488 e. The Hall–Kier alpha value is -3.65. The molecule has 3 aromatic rings. The first-order chi connectivity index (χ1) is 14.1. The molecule has 0 unspecified atom stereocenters. The molecule has 29 heavy (non-hydrogen) atoms. The number of aromatic nitrogens is 2. The minimum atomic E-state index is -0.306. The molecular weight excluding hydrogens is 362 g/mol. The van der Waals surface area contributed by atoms with Gasteiger partial charge in [0.1, 0.15) is 11.9 Å². The zero-order valence-corrected chi connectivity index (χ0v) is 16.4. The highest BCUT2D eigenvalue weighted by molar-refractivity contribution is 5.94. The maximum atomic E-state index is 12.0. The number of benzene rings is 2. The van der Waals surface area contributed by atoms with Crippen LogP contribution < -0.4 is 10.1 Å². The van der Waals surface area contributed by atoms with Crippen LogP contribution in [0.25, 0.3) is 11.3 Å². The van der Waals surface area contributed by atoms with Crippen molar-refractivity contribution in [3.05, 3.63) is 77.2 Å². The van der Waals surface area contributed by atoms with Gasteiger partial charge in [-0.25, -0.2) is 4.98 Å². The molecule has 2 aromatic carbocycles. The van der Waals surface area contributed by atoms with Crippen molar-refractivity contribution >= 4 is 5.91 Å². The zero-order chi connectivity index (χ0) is 20.2. The normalized spacial score (nSPS) is 14.3. The Balaban J connectivity index is 1.39. The smallest absolute Gasteiger partial charge is 0.296 e. The molecule has 1 aliphatic rings. The van der Waals surface area contributed by atoms with Crippen LogP contribution in [0.3, 0.4) is 0 Å². The van der Waals surface area contributed by atoms with Crippen LogP contribution in [0.4, 0.5) is 0 Å². The van der Waals surface area contributed by atoms with Gasteiger partial charge in [-0.2, -0.15) is 0 Å². The van der Waals surface area contributed by atoms with Crippen LogP contribution in [-0.2, 0) is 11.2 Å². The summed E-state index contributed by atoms with van der Waals surface area (Å²) in [5, 5.41) is 2.83. The Kier molecular flexibility index (Phi) is 5.26. The number of fused-ring (bicyclic) bond motifs is 1. The number of ether oxygens (including phenoxy) is 1. The second-order valence-corrected chi connectivity index (χ2v) is 7.04. The topological polar surface area (TPSA) is 64.1 Å². The van der Waals surface area contributed by atoms with Gasteiger partial charge in [0.2, 0.25) is 0 Å². The molecule has 1 aromatic heterocycles. The molecule has 0 radical (unpaired) electrons. The summed E-state index contributed by atoms with van der Waals surface area (Å²) < 4.78 is 5.97. The molecule has 1 aliphatic heterocycles. The fourth-order valence-electron chi connectivity index (χ4n) is 3.29. The average molecular weight is 383 g/mol. The number of aryl methyl sites for hydroxylation is 2. The molecule has 0 saturated carbocycles. The molecule has 4 rings (SSSR count). The molecule has 1 N–H and O–H groups in total. The molecular formula is C24H21N3O2. The standard InChI is InChI=1S/C24H21N3O2/c1-16-14-25-17(2)24(27-16)19-9-10-22-20(12-19)13-21(29-22)15-26-23(28)11-8-18-6-4-3-5-7-18/h3-7,9-10,12,14,21H,13,15H2,1-2H3,(H,26,28)/t21-/m0/s1. The lowest BCUT2D eigenvalue weighted by atomic mass is 10.0. The van der Waals surface area contributed by atoms with Crippen molar-refractivity contribution in [3.8, 4) is 28.8 Å². The van der Waals surface area contributed by atoms with E-state index in [2.05, 4.69) is 33.2 Å². The molecule has 5 heteroatoms. The molecule has 1 atom stereocenters. The summed E-state index contributed by atoms with van der Waals surface area (Å²) in [4.78, 5) is 21.0. The van der Waals surface area contributed by atoms with E-state index in [4.69, 9.17) is 4.74 Å². The number of nitrogens with one attached hydrogen (secondary N) is 1. The van der Waals surface area contributed by atoms with Crippen molar-refractivity contribution in [2.45, 2.75) is 26.4 Å². The summed E-state index contributed by atoms with van der Waals surface area (Å²) in [6.07, 6.45) is 2.40. The number of hydrogen-bond donors (Lipinski definition) is 1. The van der Waals surface area contributed by atoms with E-state index in [-0.39, 0.29) is 12.0 Å². The fraction of sp³-hybridized carbons (Fsp3) is 0.208. The van der Waals surface area contributed by atoms with Gasteiger partial charge >= 0.3 is 0 Å². The number of hydrogen-bond acceptors (Lipinski definition) is 4. The quantitative estimate of drug-likeness (QED) is 0.706. The summed E-state index contributed by atoms with van der Waals surface area (Å²) in [6.45, 7) is 4.31. The minimum absolute atomic E-state index is 0.104. The van der Waals surface area contributed by atoms with Crippen molar-refractivity contribution in [3.63, 3.8) is 0 Å². The van der Waals surface area contributed by atoms with E-state index in [9.17, 15) is 4.79 Å². The highest BCUT2D eigenvalue weighted by Crippen LogP contribution is 2.33. The number of amides is 1. The molecule has 0 saturated heterocycles. The summed E-state index contributed by atoms with van der Waals surface area (Å²) in [5.74, 6) is 6.01. The van der Waals surface area contributed by atoms with Crippen molar-refractivity contribution in [2.75, 3.05) is 6.54 Å². The second kappa shape index (κ2) is 8.15. The van der Waals surface area contributed by atoms with Gasteiger partial charge in [-0.1, -0.05) is 24.1 Å². The second-order valence-electron chi connectivity index (χ2n) is 7.04. The van der Waals surface area contributed by atoms with Crippen molar-refractivity contribution in [1.29, 1.82) is 0 Å². The first-order valence-corrected chi connectivity index (χ1v) is 9.53. The zero-order valence-electron chi connectivity index (χ0n) is 16.4. The van der Waals surface area contributed by atoms with Crippen LogP contribution in [0.15, 0.2) is 54.7 Å². The molecule has 2 heterocycles. The third-order valence-electron chi connectivity index (χ3n) is 4.74. The summed E-state index contributed by atoms with van der Waals surface area (Å²) >= 11 is 0. The number of carbonyl (C=O) groups is 1. The summed E-state index contributed by atoms with van der Waals surface area (Å²) in [6, 6.07) is 15.5. The number of nitrogens with zero attached hydrogens (tertiary/aromatic N) is 2. The lowest BCUT2D eigenvalue weighted by Crippen LogP contribution is -2.33. The van der Waals surface area contributed by atoms with Gasteiger partial charge in [0.15, 0.2) is 0 Å². The van der Waals surface area contributed by atoms with E-state index in [0.29, 0.717) is 6.54 Å². The average Bonchev–Trinajstić information content (AvgIpc) is 3.15. The first kappa shape index (κ1) is 18.7. The Morgan fingerprint density at radius 1 is 1.21 bits per heavy atom. The molecule has 0 fully saturated rings. The molecule has 1 amide bonds. The van der Waals surface area contributed by atoms with Gasteiger partial charge in [0.25, 0.3) is 5.91 Å². The van der Waals surface area contributed by atoms with Crippen molar-refractivity contribution < 1.29 is 9.53 Å². The SMILES string of the molecule is Cc1cnc(C)c(-c2ccc3c(c2)C[C@@H](CNC(=O)C#Cc2ccccc2)O3)n1. The van der Waals surface area contributed by atoms with Crippen LogP contribution in [0.5, 0.6) is 5.75 Å². The predicted octanol–water partition coefficient (Wildman–Crippen LogP) is 3.23. The lowest BCUT2D eigenvalue weighted by Gasteiger charge is -2.10. The van der Waals surface area contributed by atoms with Crippen LogP contribution in [-0.4, -0.2) is 28.5 Å². The van der Waals surface area contributed by atoms with E-state index >= 15 is 0 Å². The molecule has 5 nitrogen and oxygen atoms in total. The maximum absolute atomic E-state index is 12.0. The number of rotatable bonds is 3. The van der Waals surface area contributed by atoms with E-state index < -0.39 is 0 Å². The lowest BCUT2D eigenvalue weighted by molar-refractivity contribution is -0.116. The van der Waals surface area contributed by atoms with Crippen molar-refractivity contribution in [1.82, 2.24) is 15.3 Å². The van der Waals surface area contributed by atoms with Crippen LogP contribution in [0, 0.1) is 25.7 Å². The minimum Gasteiger partial charge on any atom is -0.488 e. The Labute approximate surface area is 170 Å². The summed E-state index contributed by atoms with van der Waals surface area (Å²) in [5.41, 5.74) is 5.63. The van der Waals surface area contributed by atoms with E-state index in [1.165, 1.54) is 0 Å². The van der Waals surface area contributed by atoms with E-state index in [1.807, 2.05) is 56.3 Å². The maximum Gasteiger partial charge on any atom is 0.296 e.